The molecule has 0 spiro atoms. The van der Waals surface area contributed by atoms with E-state index in [2.05, 4.69) is 38.2 Å². The number of rotatable bonds is 4. The summed E-state index contributed by atoms with van der Waals surface area (Å²) in [5.41, 5.74) is 1.45. The first-order valence-electron chi connectivity index (χ1n) is 6.67. The van der Waals surface area contributed by atoms with E-state index in [0.29, 0.717) is 12.0 Å². The summed E-state index contributed by atoms with van der Waals surface area (Å²) in [7, 11) is 0. The van der Waals surface area contributed by atoms with Gasteiger partial charge in [0.25, 0.3) is 0 Å². The molecule has 2 rings (SSSR count). The number of benzene rings is 1. The highest BCUT2D eigenvalue weighted by Crippen LogP contribution is 2.49. The van der Waals surface area contributed by atoms with Crippen LogP contribution < -0.4 is 5.32 Å². The second kappa shape index (κ2) is 5.41. The van der Waals surface area contributed by atoms with Crippen LogP contribution in [0.5, 0.6) is 0 Å². The first-order valence-corrected chi connectivity index (χ1v) is 7.05. The van der Waals surface area contributed by atoms with Gasteiger partial charge in [0.05, 0.1) is 0 Å². The van der Waals surface area contributed by atoms with Crippen molar-refractivity contribution in [1.82, 2.24) is 5.32 Å². The van der Waals surface area contributed by atoms with E-state index in [9.17, 15) is 0 Å². The van der Waals surface area contributed by atoms with Crippen LogP contribution in [-0.2, 0) is 0 Å². The molecule has 0 amide bonds. The maximum atomic E-state index is 5.95. The quantitative estimate of drug-likeness (QED) is 0.850. The van der Waals surface area contributed by atoms with E-state index in [1.165, 1.54) is 12.0 Å². The molecule has 1 aliphatic carbocycles. The average Bonchev–Trinajstić information content (AvgIpc) is 2.34. The molecule has 0 saturated heterocycles. The first kappa shape index (κ1) is 12.9. The van der Waals surface area contributed by atoms with Gasteiger partial charge in [-0.05, 0) is 42.0 Å². The van der Waals surface area contributed by atoms with Crippen LogP contribution in [0.4, 0.5) is 0 Å². The van der Waals surface area contributed by atoms with Gasteiger partial charge >= 0.3 is 0 Å². The fraction of sp³-hybridized carbons (Fsp3) is 0.600. The van der Waals surface area contributed by atoms with E-state index in [4.69, 9.17) is 11.6 Å². The molecule has 4 unspecified atom stereocenters. The fourth-order valence-corrected chi connectivity index (χ4v) is 3.52. The van der Waals surface area contributed by atoms with Crippen molar-refractivity contribution in [2.24, 2.45) is 11.8 Å². The van der Waals surface area contributed by atoms with E-state index in [-0.39, 0.29) is 0 Å². The van der Waals surface area contributed by atoms with Crippen molar-refractivity contribution in [3.63, 3.8) is 0 Å². The molecular weight excluding hydrogens is 230 g/mol. The monoisotopic (exact) mass is 251 g/mol. The van der Waals surface area contributed by atoms with Crippen LogP contribution in [0.3, 0.4) is 0 Å². The molecule has 2 heteroatoms. The van der Waals surface area contributed by atoms with Crippen molar-refractivity contribution in [2.75, 3.05) is 6.54 Å². The lowest BCUT2D eigenvalue weighted by atomic mass is 9.58. The smallest absolute Gasteiger partial charge is 0.0406 e. The Kier molecular flexibility index (Phi) is 4.11. The molecule has 1 saturated carbocycles. The summed E-state index contributed by atoms with van der Waals surface area (Å²) in [6.07, 6.45) is 1.25. The molecular formula is C15H22ClN. The summed E-state index contributed by atoms with van der Waals surface area (Å²) in [5.74, 6) is 2.19. The van der Waals surface area contributed by atoms with E-state index >= 15 is 0 Å². The maximum Gasteiger partial charge on any atom is 0.0406 e. The summed E-state index contributed by atoms with van der Waals surface area (Å²) in [6.45, 7) is 7.91. The molecule has 17 heavy (non-hydrogen) atoms. The van der Waals surface area contributed by atoms with Crippen LogP contribution >= 0.6 is 11.6 Å². The molecule has 0 aromatic heterocycles. The summed E-state index contributed by atoms with van der Waals surface area (Å²) >= 11 is 5.95. The Morgan fingerprint density at radius 3 is 2.35 bits per heavy atom. The van der Waals surface area contributed by atoms with Crippen LogP contribution in [0.1, 0.15) is 38.7 Å². The third-order valence-corrected chi connectivity index (χ3v) is 4.47. The van der Waals surface area contributed by atoms with Gasteiger partial charge in [0.15, 0.2) is 0 Å². The van der Waals surface area contributed by atoms with Crippen molar-refractivity contribution >= 4 is 11.6 Å². The highest BCUT2D eigenvalue weighted by molar-refractivity contribution is 6.30. The zero-order chi connectivity index (χ0) is 12.4. The van der Waals surface area contributed by atoms with Gasteiger partial charge in [0.1, 0.15) is 0 Å². The summed E-state index contributed by atoms with van der Waals surface area (Å²) in [5, 5.41) is 4.45. The highest BCUT2D eigenvalue weighted by atomic mass is 35.5. The molecule has 1 N–H and O–H groups in total. The van der Waals surface area contributed by atoms with Gasteiger partial charge in [-0.15, -0.1) is 0 Å². The van der Waals surface area contributed by atoms with Crippen molar-refractivity contribution in [1.29, 1.82) is 0 Å². The zero-order valence-electron chi connectivity index (χ0n) is 10.9. The summed E-state index contributed by atoms with van der Waals surface area (Å²) < 4.78 is 0. The van der Waals surface area contributed by atoms with Crippen molar-refractivity contribution in [2.45, 2.75) is 39.2 Å². The Labute approximate surface area is 110 Å². The first-order chi connectivity index (χ1) is 8.19. The van der Waals surface area contributed by atoms with E-state index in [0.717, 1.165) is 23.4 Å². The molecule has 1 nitrogen and oxygen atoms in total. The number of halogens is 1. The van der Waals surface area contributed by atoms with Gasteiger partial charge in [-0.2, -0.15) is 0 Å². The van der Waals surface area contributed by atoms with Gasteiger partial charge in [0.2, 0.25) is 0 Å². The Bertz CT molecular complexity index is 360. The second-order valence-corrected chi connectivity index (χ2v) is 5.53. The lowest BCUT2D eigenvalue weighted by molar-refractivity contribution is 0.0799. The van der Waals surface area contributed by atoms with Crippen LogP contribution in [0.2, 0.25) is 5.02 Å². The van der Waals surface area contributed by atoms with Gasteiger partial charge in [-0.1, -0.05) is 50.9 Å². The molecule has 0 bridgehead atoms. The molecule has 1 aliphatic rings. The largest absolute Gasteiger partial charge is 0.314 e. The summed E-state index contributed by atoms with van der Waals surface area (Å²) in [4.78, 5) is 0. The van der Waals surface area contributed by atoms with Gasteiger partial charge < -0.3 is 5.32 Å². The molecule has 0 heterocycles. The zero-order valence-corrected chi connectivity index (χ0v) is 11.7. The summed E-state index contributed by atoms with van der Waals surface area (Å²) in [6, 6.07) is 9.09. The van der Waals surface area contributed by atoms with Crippen molar-refractivity contribution < 1.29 is 0 Å². The van der Waals surface area contributed by atoms with E-state index in [1.54, 1.807) is 0 Å². The van der Waals surface area contributed by atoms with Crippen molar-refractivity contribution in [3.8, 4) is 0 Å². The Hall–Kier alpha value is -0.530. The molecule has 94 valence electrons. The third kappa shape index (κ3) is 2.36. The lowest BCUT2D eigenvalue weighted by Crippen LogP contribution is -2.55. The predicted molar refractivity (Wildman–Crippen MR) is 74.6 cm³/mol. The average molecular weight is 252 g/mol. The van der Waals surface area contributed by atoms with Crippen LogP contribution in [0.25, 0.3) is 0 Å². The molecule has 1 fully saturated rings. The normalized spacial score (nSPS) is 32.2. The van der Waals surface area contributed by atoms with Gasteiger partial charge in [0, 0.05) is 11.1 Å². The Morgan fingerprint density at radius 2 is 1.82 bits per heavy atom. The Morgan fingerprint density at radius 1 is 1.18 bits per heavy atom. The Balaban J connectivity index is 2.14. The van der Waals surface area contributed by atoms with E-state index < -0.39 is 0 Å². The topological polar surface area (TPSA) is 12.0 Å². The van der Waals surface area contributed by atoms with Crippen LogP contribution in [0, 0.1) is 11.8 Å². The second-order valence-electron chi connectivity index (χ2n) is 5.09. The van der Waals surface area contributed by atoms with E-state index in [1.807, 2.05) is 12.1 Å². The predicted octanol–water partition coefficient (Wildman–Crippen LogP) is 4.08. The lowest BCUT2D eigenvalue weighted by Gasteiger charge is -2.51. The van der Waals surface area contributed by atoms with Crippen LogP contribution in [-0.4, -0.2) is 12.6 Å². The highest BCUT2D eigenvalue weighted by Gasteiger charge is 2.46. The third-order valence-electron chi connectivity index (χ3n) is 4.22. The molecule has 1 aromatic rings. The van der Waals surface area contributed by atoms with Crippen LogP contribution in [0.15, 0.2) is 24.3 Å². The number of nitrogens with one attached hydrogen (secondary N) is 1. The minimum Gasteiger partial charge on any atom is -0.314 e. The van der Waals surface area contributed by atoms with Gasteiger partial charge in [-0.3, -0.25) is 0 Å². The maximum absolute atomic E-state index is 5.95. The molecule has 0 aliphatic heterocycles. The minimum atomic E-state index is 0.686. The fourth-order valence-electron chi connectivity index (χ4n) is 3.40. The minimum absolute atomic E-state index is 0.686. The van der Waals surface area contributed by atoms with Gasteiger partial charge in [-0.25, -0.2) is 0 Å². The number of hydrogen-bond acceptors (Lipinski definition) is 1. The van der Waals surface area contributed by atoms with Crippen molar-refractivity contribution in [3.05, 3.63) is 34.9 Å². The SMILES string of the molecule is CCNC1C(C)C(c2ccc(Cl)cc2)C1CC. The molecule has 4 atom stereocenters. The number of hydrogen-bond donors (Lipinski definition) is 1. The molecule has 0 radical (unpaired) electrons. The molecule has 1 aromatic carbocycles. The standard InChI is InChI=1S/C15H22ClN/c1-4-13-14(10(3)15(13)17-5-2)11-6-8-12(16)9-7-11/h6-10,13-15,17H,4-5H2,1-3H3.